The van der Waals surface area contributed by atoms with Gasteiger partial charge in [0, 0.05) is 19.0 Å². The highest BCUT2D eigenvalue weighted by molar-refractivity contribution is 4.93. The second-order valence-electron chi connectivity index (χ2n) is 6.88. The zero-order valence-electron chi connectivity index (χ0n) is 13.5. The summed E-state index contributed by atoms with van der Waals surface area (Å²) in [5.74, 6) is 3.40. The maximum Gasteiger partial charge on any atom is 0.138 e. The van der Waals surface area contributed by atoms with Gasteiger partial charge in [-0.1, -0.05) is 33.6 Å². The van der Waals surface area contributed by atoms with Crippen molar-refractivity contribution < 1.29 is 0 Å². The van der Waals surface area contributed by atoms with Crippen LogP contribution in [0, 0.1) is 17.8 Å². The molecule has 114 valence electrons. The first-order chi connectivity index (χ1) is 9.60. The highest BCUT2D eigenvalue weighted by Gasteiger charge is 2.27. The average molecular weight is 278 g/mol. The van der Waals surface area contributed by atoms with Crippen LogP contribution in [0.15, 0.2) is 6.33 Å². The van der Waals surface area contributed by atoms with E-state index in [1.165, 1.54) is 25.7 Å². The van der Waals surface area contributed by atoms with E-state index in [-0.39, 0.29) is 0 Å². The molecule has 4 nitrogen and oxygen atoms in total. The van der Waals surface area contributed by atoms with E-state index in [2.05, 4.69) is 47.9 Å². The third-order valence-electron chi connectivity index (χ3n) is 4.55. The van der Waals surface area contributed by atoms with Crippen LogP contribution in [0.2, 0.25) is 0 Å². The summed E-state index contributed by atoms with van der Waals surface area (Å²) < 4.78 is 2.08. The first kappa shape index (κ1) is 15.5. The molecule has 1 heterocycles. The minimum absolute atomic E-state index is 0.535. The molecule has 1 aromatic heterocycles. The van der Waals surface area contributed by atoms with E-state index in [9.17, 15) is 0 Å². The molecule has 20 heavy (non-hydrogen) atoms. The summed E-state index contributed by atoms with van der Waals surface area (Å²) in [5, 5.41) is 7.91. The Labute approximate surface area is 123 Å². The lowest BCUT2D eigenvalue weighted by Gasteiger charge is -2.33. The Morgan fingerprint density at radius 2 is 2.20 bits per heavy atom. The van der Waals surface area contributed by atoms with Crippen LogP contribution in [0.3, 0.4) is 0 Å². The maximum atomic E-state index is 4.48. The van der Waals surface area contributed by atoms with Crippen LogP contribution in [0.4, 0.5) is 0 Å². The number of nitrogens with one attached hydrogen (secondary N) is 1. The predicted molar refractivity (Wildman–Crippen MR) is 82.5 cm³/mol. The standard InChI is InChI=1S/C16H30N4/c1-12(2)10-20-16(18-11-19-20)9-15(17-4)14-7-5-6-13(3)8-14/h11-15,17H,5-10H2,1-4H3. The highest BCUT2D eigenvalue weighted by Crippen LogP contribution is 2.31. The molecule has 0 radical (unpaired) electrons. The largest absolute Gasteiger partial charge is 0.316 e. The maximum absolute atomic E-state index is 4.48. The Morgan fingerprint density at radius 3 is 2.85 bits per heavy atom. The van der Waals surface area contributed by atoms with Gasteiger partial charge in [-0.25, -0.2) is 9.67 Å². The Bertz CT molecular complexity index is 399. The van der Waals surface area contributed by atoms with Crippen molar-refractivity contribution in [1.29, 1.82) is 0 Å². The minimum atomic E-state index is 0.535. The van der Waals surface area contributed by atoms with Crippen LogP contribution in [0.5, 0.6) is 0 Å². The van der Waals surface area contributed by atoms with Gasteiger partial charge in [0.25, 0.3) is 0 Å². The smallest absolute Gasteiger partial charge is 0.138 e. The topological polar surface area (TPSA) is 42.7 Å². The minimum Gasteiger partial charge on any atom is -0.316 e. The predicted octanol–water partition coefficient (Wildman–Crippen LogP) is 2.89. The number of rotatable bonds is 6. The van der Waals surface area contributed by atoms with Crippen molar-refractivity contribution in [1.82, 2.24) is 20.1 Å². The molecule has 0 aliphatic heterocycles. The molecular weight excluding hydrogens is 248 g/mol. The number of hydrogen-bond donors (Lipinski definition) is 1. The summed E-state index contributed by atoms with van der Waals surface area (Å²) in [6.45, 7) is 7.81. The molecule has 1 N–H and O–H groups in total. The molecule has 0 bridgehead atoms. The summed E-state index contributed by atoms with van der Waals surface area (Å²) in [7, 11) is 2.09. The second-order valence-corrected chi connectivity index (χ2v) is 6.88. The molecule has 0 saturated heterocycles. The molecule has 1 aliphatic rings. The second kappa shape index (κ2) is 7.21. The van der Waals surface area contributed by atoms with Crippen LogP contribution in [0.25, 0.3) is 0 Å². The molecule has 1 saturated carbocycles. The van der Waals surface area contributed by atoms with E-state index in [1.807, 2.05) is 0 Å². The van der Waals surface area contributed by atoms with Crippen LogP contribution in [0.1, 0.15) is 52.3 Å². The van der Waals surface area contributed by atoms with Gasteiger partial charge in [0.15, 0.2) is 0 Å². The summed E-state index contributed by atoms with van der Waals surface area (Å²) in [6.07, 6.45) is 8.19. The van der Waals surface area contributed by atoms with Crippen molar-refractivity contribution in [2.24, 2.45) is 17.8 Å². The monoisotopic (exact) mass is 278 g/mol. The first-order valence-corrected chi connectivity index (χ1v) is 8.14. The average Bonchev–Trinajstić information content (AvgIpc) is 2.82. The van der Waals surface area contributed by atoms with Crippen molar-refractivity contribution in [2.45, 2.75) is 65.5 Å². The van der Waals surface area contributed by atoms with Crippen molar-refractivity contribution in [3.8, 4) is 0 Å². The summed E-state index contributed by atoms with van der Waals surface area (Å²) in [4.78, 5) is 4.48. The fraction of sp³-hybridized carbons (Fsp3) is 0.875. The molecule has 1 fully saturated rings. The summed E-state index contributed by atoms with van der Waals surface area (Å²) >= 11 is 0. The molecule has 1 aromatic rings. The lowest BCUT2D eigenvalue weighted by molar-refractivity contribution is 0.224. The highest BCUT2D eigenvalue weighted by atomic mass is 15.3. The van der Waals surface area contributed by atoms with Gasteiger partial charge in [-0.3, -0.25) is 0 Å². The van der Waals surface area contributed by atoms with Crippen LogP contribution in [-0.4, -0.2) is 27.9 Å². The van der Waals surface area contributed by atoms with Gasteiger partial charge in [-0.15, -0.1) is 0 Å². The Morgan fingerprint density at radius 1 is 1.40 bits per heavy atom. The molecular formula is C16H30N4. The van der Waals surface area contributed by atoms with Crippen molar-refractivity contribution in [3.05, 3.63) is 12.2 Å². The Balaban J connectivity index is 2.00. The van der Waals surface area contributed by atoms with Crippen molar-refractivity contribution in [2.75, 3.05) is 7.05 Å². The number of likely N-dealkylation sites (N-methyl/N-ethyl adjacent to an activating group) is 1. The van der Waals surface area contributed by atoms with Crippen LogP contribution >= 0.6 is 0 Å². The quantitative estimate of drug-likeness (QED) is 0.870. The number of nitrogens with zero attached hydrogens (tertiary/aromatic N) is 3. The van der Waals surface area contributed by atoms with E-state index in [0.29, 0.717) is 12.0 Å². The van der Waals surface area contributed by atoms with Crippen molar-refractivity contribution >= 4 is 0 Å². The van der Waals surface area contributed by atoms with Crippen LogP contribution in [-0.2, 0) is 13.0 Å². The zero-order valence-corrected chi connectivity index (χ0v) is 13.5. The van der Waals surface area contributed by atoms with Gasteiger partial charge in [-0.2, -0.15) is 5.10 Å². The summed E-state index contributed by atoms with van der Waals surface area (Å²) in [5.41, 5.74) is 0. The molecule has 2 rings (SSSR count). The zero-order chi connectivity index (χ0) is 14.5. The van der Waals surface area contributed by atoms with Gasteiger partial charge in [0.2, 0.25) is 0 Å². The van der Waals surface area contributed by atoms with E-state index < -0.39 is 0 Å². The Kier molecular flexibility index (Phi) is 5.58. The molecule has 0 aromatic carbocycles. The van der Waals surface area contributed by atoms with E-state index in [4.69, 9.17) is 0 Å². The van der Waals surface area contributed by atoms with Gasteiger partial charge in [0.1, 0.15) is 12.2 Å². The molecule has 3 atom stereocenters. The fourth-order valence-electron chi connectivity index (χ4n) is 3.49. The molecule has 3 unspecified atom stereocenters. The Hall–Kier alpha value is -0.900. The SMILES string of the molecule is CNC(Cc1ncnn1CC(C)C)C1CCCC(C)C1. The molecule has 1 aliphatic carbocycles. The van der Waals surface area contributed by atoms with E-state index in [0.717, 1.165) is 30.6 Å². The third-order valence-corrected chi connectivity index (χ3v) is 4.55. The lowest BCUT2D eigenvalue weighted by Crippen LogP contribution is -2.38. The number of hydrogen-bond acceptors (Lipinski definition) is 3. The van der Waals surface area contributed by atoms with Gasteiger partial charge in [-0.05, 0) is 37.6 Å². The number of aromatic nitrogens is 3. The van der Waals surface area contributed by atoms with Gasteiger partial charge in [0.05, 0.1) is 0 Å². The molecule has 0 amide bonds. The first-order valence-electron chi connectivity index (χ1n) is 8.14. The molecule has 4 heteroatoms. The van der Waals surface area contributed by atoms with Gasteiger partial charge >= 0.3 is 0 Å². The summed E-state index contributed by atoms with van der Waals surface area (Å²) in [6, 6.07) is 0.535. The van der Waals surface area contributed by atoms with Crippen LogP contribution < -0.4 is 5.32 Å². The normalized spacial score (nSPS) is 25.1. The van der Waals surface area contributed by atoms with E-state index >= 15 is 0 Å². The van der Waals surface area contributed by atoms with Crippen molar-refractivity contribution in [3.63, 3.8) is 0 Å². The third kappa shape index (κ3) is 4.05. The molecule has 0 spiro atoms. The fourth-order valence-corrected chi connectivity index (χ4v) is 3.49. The van der Waals surface area contributed by atoms with E-state index in [1.54, 1.807) is 6.33 Å². The van der Waals surface area contributed by atoms with Gasteiger partial charge < -0.3 is 5.32 Å². The lowest BCUT2D eigenvalue weighted by atomic mass is 9.77.